The van der Waals surface area contributed by atoms with E-state index in [2.05, 4.69) is 19.9 Å². The molecule has 0 radical (unpaired) electrons. The molecule has 2 aromatic heterocycles. The highest BCUT2D eigenvalue weighted by atomic mass is 35.5. The van der Waals surface area contributed by atoms with E-state index in [1.165, 1.54) is 12.5 Å². The van der Waals surface area contributed by atoms with Crippen LogP contribution < -0.4 is 0 Å². The van der Waals surface area contributed by atoms with Crippen LogP contribution in [0.3, 0.4) is 0 Å². The van der Waals surface area contributed by atoms with Gasteiger partial charge in [-0.3, -0.25) is 0 Å². The Morgan fingerprint density at radius 3 is 2.67 bits per heavy atom. The second-order valence-corrected chi connectivity index (χ2v) is 3.41. The Morgan fingerprint density at radius 2 is 2.07 bits per heavy atom. The van der Waals surface area contributed by atoms with Crippen LogP contribution in [0.25, 0.3) is 0 Å². The van der Waals surface area contributed by atoms with E-state index in [1.54, 1.807) is 0 Å². The molecule has 0 aliphatic carbocycles. The molecule has 0 aliphatic rings. The maximum absolute atomic E-state index is 7.21. The van der Waals surface area contributed by atoms with Gasteiger partial charge < -0.3 is 4.57 Å². The minimum atomic E-state index is -2.25. The van der Waals surface area contributed by atoms with Gasteiger partial charge in [-0.1, -0.05) is 0 Å². The van der Waals surface area contributed by atoms with Crippen LogP contribution in [0.1, 0.15) is 15.6 Å². The number of imidazole rings is 1. The Morgan fingerprint density at radius 1 is 1.33 bits per heavy atom. The van der Waals surface area contributed by atoms with Crippen molar-refractivity contribution >= 4 is 23.2 Å². The van der Waals surface area contributed by atoms with Crippen molar-refractivity contribution in [3.63, 3.8) is 0 Å². The van der Waals surface area contributed by atoms with Crippen molar-refractivity contribution in [1.82, 2.24) is 24.5 Å². The molecule has 0 bridgehead atoms. The minimum Gasteiger partial charge on any atom is -0.340 e. The summed E-state index contributed by atoms with van der Waals surface area (Å²) in [4.78, 5) is 15.3. The van der Waals surface area contributed by atoms with E-state index in [0.717, 1.165) is 4.57 Å². The fraction of sp³-hybridized carbons (Fsp3) is 0.250. The maximum atomic E-state index is 7.21. The van der Waals surface area contributed by atoms with Crippen molar-refractivity contribution in [2.75, 3.05) is 0 Å². The van der Waals surface area contributed by atoms with E-state index >= 15 is 0 Å². The largest absolute Gasteiger partial charge is 0.340 e. The number of halogens is 2. The highest BCUT2D eigenvalue weighted by molar-refractivity contribution is 6.30. The molecular weight excluding hydrogens is 237 g/mol. The Labute approximate surface area is 100 Å². The molecular formula is C8H7Cl2N5. The van der Waals surface area contributed by atoms with Gasteiger partial charge in [-0.15, -0.1) is 0 Å². The maximum Gasteiger partial charge on any atom is 0.226 e. The first-order valence-corrected chi connectivity index (χ1v) is 4.69. The number of rotatable bonds is 2. The molecule has 0 fully saturated rings. The third kappa shape index (κ3) is 2.64. The summed E-state index contributed by atoms with van der Waals surface area (Å²) >= 11 is 11.3. The van der Waals surface area contributed by atoms with Gasteiger partial charge in [0, 0.05) is 17.3 Å². The predicted molar refractivity (Wildman–Crippen MR) is 55.9 cm³/mol. The minimum absolute atomic E-state index is 0.0137. The number of aromatic nitrogens is 5. The fourth-order valence-electron chi connectivity index (χ4n) is 1.06. The molecule has 0 saturated heterocycles. The molecule has 0 aliphatic heterocycles. The summed E-state index contributed by atoms with van der Waals surface area (Å²) in [6.45, 7) is -2.25. The van der Waals surface area contributed by atoms with Crippen LogP contribution in [0.5, 0.6) is 0 Å². The summed E-state index contributed by atoms with van der Waals surface area (Å²) in [6.07, 6.45) is 2.86. The molecule has 78 valence electrons. The number of aryl methyl sites for hydroxylation is 1. The first-order valence-electron chi connectivity index (χ1n) is 5.44. The van der Waals surface area contributed by atoms with Crippen LogP contribution in [0.2, 0.25) is 10.6 Å². The molecule has 2 aromatic rings. The topological polar surface area (TPSA) is 56.5 Å². The van der Waals surface area contributed by atoms with Crippen molar-refractivity contribution in [3.8, 4) is 0 Å². The third-order valence-corrected chi connectivity index (χ3v) is 1.94. The Kier molecular flexibility index (Phi) is 1.96. The average Bonchev–Trinajstić information content (AvgIpc) is 2.63. The van der Waals surface area contributed by atoms with E-state index in [4.69, 9.17) is 27.3 Å². The molecule has 0 unspecified atom stereocenters. The summed E-state index contributed by atoms with van der Waals surface area (Å²) in [7, 11) is 0. The lowest BCUT2D eigenvalue weighted by molar-refractivity contribution is 0.897. The van der Waals surface area contributed by atoms with Gasteiger partial charge in [0.2, 0.25) is 10.6 Å². The van der Waals surface area contributed by atoms with E-state index in [9.17, 15) is 0 Å². The third-order valence-electron chi connectivity index (χ3n) is 1.60. The van der Waals surface area contributed by atoms with Gasteiger partial charge in [0.1, 0.15) is 5.82 Å². The zero-order valence-corrected chi connectivity index (χ0v) is 8.87. The Bertz CT molecular complexity index is 548. The summed E-state index contributed by atoms with van der Waals surface area (Å²) in [5.41, 5.74) is 0.504. The normalized spacial score (nSPS) is 14.4. The number of hydrogen-bond donors (Lipinski definition) is 0. The smallest absolute Gasteiger partial charge is 0.226 e. The van der Waals surface area contributed by atoms with Crippen LogP contribution in [0, 0.1) is 0 Å². The molecule has 0 spiro atoms. The summed E-state index contributed by atoms with van der Waals surface area (Å²) in [5.74, 6) is 0.329. The van der Waals surface area contributed by atoms with Gasteiger partial charge in [-0.05, 0) is 23.2 Å². The molecule has 0 saturated carbocycles. The molecule has 0 atom stereocenters. The molecule has 15 heavy (non-hydrogen) atoms. The van der Waals surface area contributed by atoms with Crippen LogP contribution in [-0.4, -0.2) is 24.5 Å². The highest BCUT2D eigenvalue weighted by Crippen LogP contribution is 2.09. The van der Waals surface area contributed by atoms with E-state index in [1.807, 2.05) is 0 Å². The van der Waals surface area contributed by atoms with Crippen molar-refractivity contribution in [2.24, 2.45) is 6.98 Å². The lowest BCUT2D eigenvalue weighted by Crippen LogP contribution is -1.99. The first-order chi connectivity index (χ1) is 8.34. The lowest BCUT2D eigenvalue weighted by atomic mass is 10.3. The zero-order valence-electron chi connectivity index (χ0n) is 10.4. The molecule has 0 amide bonds. The van der Waals surface area contributed by atoms with Gasteiger partial charge >= 0.3 is 0 Å². The van der Waals surface area contributed by atoms with Gasteiger partial charge in [0.15, 0.2) is 0 Å². The Balaban J connectivity index is 2.21. The summed E-state index contributed by atoms with van der Waals surface area (Å²) in [5, 5.41) is -0.0273. The van der Waals surface area contributed by atoms with E-state index in [-0.39, 0.29) is 17.0 Å². The van der Waals surface area contributed by atoms with Crippen molar-refractivity contribution in [2.45, 2.75) is 6.42 Å². The first kappa shape index (κ1) is 7.14. The average molecular weight is 247 g/mol. The van der Waals surface area contributed by atoms with Crippen molar-refractivity contribution in [3.05, 3.63) is 34.6 Å². The van der Waals surface area contributed by atoms with Crippen LogP contribution >= 0.6 is 23.2 Å². The van der Waals surface area contributed by atoms with Gasteiger partial charge in [-0.2, -0.15) is 4.98 Å². The zero-order chi connectivity index (χ0) is 13.3. The number of hydrogen-bond acceptors (Lipinski definition) is 4. The van der Waals surface area contributed by atoms with Crippen molar-refractivity contribution in [1.29, 1.82) is 0 Å². The van der Waals surface area contributed by atoms with Crippen LogP contribution in [0.4, 0.5) is 0 Å². The molecule has 2 heterocycles. The van der Waals surface area contributed by atoms with Crippen LogP contribution in [-0.2, 0) is 13.4 Å². The van der Waals surface area contributed by atoms with Crippen molar-refractivity contribution < 1.29 is 4.11 Å². The Hall–Kier alpha value is -1.20. The second-order valence-electron chi connectivity index (χ2n) is 2.74. The lowest BCUT2D eigenvalue weighted by Gasteiger charge is -1.97. The van der Waals surface area contributed by atoms with E-state index < -0.39 is 6.98 Å². The molecule has 2 rings (SSSR count). The van der Waals surface area contributed by atoms with E-state index in [0.29, 0.717) is 11.5 Å². The van der Waals surface area contributed by atoms with Gasteiger partial charge in [-0.25, -0.2) is 15.0 Å². The number of nitrogens with zero attached hydrogens (tertiary/aromatic N) is 5. The predicted octanol–water partition coefficient (Wildman–Crippen LogP) is 1.50. The monoisotopic (exact) mass is 246 g/mol. The standard InChI is InChI=1S/C8H7Cl2N5/c1-15-3-5(11-4-15)2-6-12-7(9)14-8(10)13-6/h3-4H,2H2,1H3/i1D3. The van der Waals surface area contributed by atoms with Gasteiger partial charge in [0.25, 0.3) is 0 Å². The van der Waals surface area contributed by atoms with Gasteiger partial charge in [0.05, 0.1) is 18.4 Å². The summed E-state index contributed by atoms with van der Waals surface area (Å²) in [6, 6.07) is 0. The highest BCUT2D eigenvalue weighted by Gasteiger charge is 2.05. The molecule has 0 N–H and O–H groups in total. The second kappa shape index (κ2) is 4.12. The SMILES string of the molecule is [2H]C([2H])([2H])n1cnc(Cc2nc(Cl)nc(Cl)n2)c1. The molecule has 7 heteroatoms. The molecule has 5 nitrogen and oxygen atoms in total. The van der Waals surface area contributed by atoms with Crippen LogP contribution in [0.15, 0.2) is 12.5 Å². The summed E-state index contributed by atoms with van der Waals surface area (Å²) < 4.78 is 22.7. The molecule has 0 aromatic carbocycles. The quantitative estimate of drug-likeness (QED) is 0.806. The fourth-order valence-corrected chi connectivity index (χ4v) is 1.46.